The lowest BCUT2D eigenvalue weighted by Crippen LogP contribution is -2.32. The maximum Gasteiger partial charge on any atom is 0.227 e. The molecule has 0 bridgehead atoms. The first kappa shape index (κ1) is 19.2. The van der Waals surface area contributed by atoms with E-state index in [1.165, 1.54) is 5.56 Å². The molecule has 2 aliphatic rings. The van der Waals surface area contributed by atoms with Gasteiger partial charge in [0.1, 0.15) is 17.9 Å². The molecule has 1 N–H and O–H groups in total. The summed E-state index contributed by atoms with van der Waals surface area (Å²) in [5, 5.41) is 9.18. The number of ether oxygens (including phenoxy) is 1. The zero-order valence-electron chi connectivity index (χ0n) is 17.8. The maximum absolute atomic E-state index is 6.65. The second-order valence-electron chi connectivity index (χ2n) is 8.04. The second kappa shape index (κ2) is 7.57. The summed E-state index contributed by atoms with van der Waals surface area (Å²) in [4.78, 5) is 4.75. The van der Waals surface area contributed by atoms with E-state index in [0.717, 1.165) is 44.8 Å². The molecule has 1 aromatic heterocycles. The predicted molar refractivity (Wildman–Crippen MR) is 128 cm³/mol. The number of thioether (sulfide) groups is 1. The van der Waals surface area contributed by atoms with Gasteiger partial charge in [0.25, 0.3) is 0 Å². The molecule has 0 unspecified atom stereocenters. The highest BCUT2D eigenvalue weighted by Crippen LogP contribution is 2.50. The largest absolute Gasteiger partial charge is 0.480 e. The monoisotopic (exact) mass is 438 g/mol. The highest BCUT2D eigenvalue weighted by molar-refractivity contribution is 7.98. The van der Waals surface area contributed by atoms with Gasteiger partial charge in [0.05, 0.1) is 5.70 Å². The lowest BCUT2D eigenvalue weighted by atomic mass is 9.84. The first-order valence-corrected chi connectivity index (χ1v) is 11.8. The Morgan fingerprint density at radius 2 is 1.66 bits per heavy atom. The summed E-state index contributed by atoms with van der Waals surface area (Å²) in [7, 11) is 0. The summed E-state index contributed by atoms with van der Waals surface area (Å²) in [6.45, 7) is 2.11. The fourth-order valence-corrected chi connectivity index (χ4v) is 4.86. The smallest absolute Gasteiger partial charge is 0.227 e. The number of nitrogens with zero attached hydrogens (tertiary/aromatic N) is 3. The molecule has 0 fully saturated rings. The van der Waals surface area contributed by atoms with Crippen LogP contribution in [0.2, 0.25) is 0 Å². The predicted octanol–water partition coefficient (Wildman–Crippen LogP) is 5.87. The van der Waals surface area contributed by atoms with E-state index < -0.39 is 0 Å². The van der Waals surface area contributed by atoms with E-state index in [-0.39, 0.29) is 12.1 Å². The lowest BCUT2D eigenvalue weighted by molar-refractivity contribution is 0.223. The zero-order valence-corrected chi connectivity index (χ0v) is 18.6. The minimum Gasteiger partial charge on any atom is -0.480 e. The zero-order chi connectivity index (χ0) is 21.7. The summed E-state index contributed by atoms with van der Waals surface area (Å²) in [6.07, 6.45) is 1.76. The molecule has 3 heterocycles. The molecule has 5 nitrogen and oxygen atoms in total. The third-order valence-electron chi connectivity index (χ3n) is 6.04. The second-order valence-corrected chi connectivity index (χ2v) is 8.81. The first-order valence-electron chi connectivity index (χ1n) is 10.6. The van der Waals surface area contributed by atoms with Crippen LogP contribution in [0.3, 0.4) is 0 Å². The van der Waals surface area contributed by atoms with E-state index in [9.17, 15) is 0 Å². The van der Waals surface area contributed by atoms with E-state index in [1.54, 1.807) is 11.8 Å². The third kappa shape index (κ3) is 3.02. The van der Waals surface area contributed by atoms with Crippen LogP contribution >= 0.6 is 11.8 Å². The van der Waals surface area contributed by atoms with Crippen LogP contribution in [0.15, 0.2) is 89.6 Å². The summed E-state index contributed by atoms with van der Waals surface area (Å²) < 4.78 is 8.65. The number of hydrogen-bond donors (Lipinski definition) is 1. The van der Waals surface area contributed by atoms with Crippen molar-refractivity contribution in [1.29, 1.82) is 0 Å². The van der Waals surface area contributed by atoms with Crippen molar-refractivity contribution in [2.24, 2.45) is 0 Å². The van der Waals surface area contributed by atoms with Gasteiger partial charge in [0.15, 0.2) is 0 Å². The molecule has 6 heteroatoms. The molecule has 0 radical (unpaired) electrons. The molecular weight excluding hydrogens is 416 g/mol. The van der Waals surface area contributed by atoms with Crippen LogP contribution in [-0.4, -0.2) is 21.0 Å². The standard InChI is InChI=1S/C26H22N4OS/c1-16-12-14-17(15-13-16)23-21-22(27-25-28-26(32-2)29-30(23)25)19-10-6-7-11-20(19)31-24(21)18-8-4-3-5-9-18/h3-15,23-24H,1-2H3,(H,27,28,29)/t23-,24+/m0/s1. The molecule has 2 atom stereocenters. The van der Waals surface area contributed by atoms with E-state index in [2.05, 4.69) is 66.8 Å². The Morgan fingerprint density at radius 3 is 2.44 bits per heavy atom. The van der Waals surface area contributed by atoms with E-state index in [4.69, 9.17) is 14.8 Å². The van der Waals surface area contributed by atoms with E-state index in [0.29, 0.717) is 0 Å². The highest BCUT2D eigenvalue weighted by atomic mass is 32.2. The molecule has 0 aliphatic carbocycles. The van der Waals surface area contributed by atoms with Gasteiger partial charge in [-0.2, -0.15) is 4.98 Å². The minimum absolute atomic E-state index is 0.131. The van der Waals surface area contributed by atoms with Crippen molar-refractivity contribution in [3.8, 4) is 5.75 Å². The van der Waals surface area contributed by atoms with Gasteiger partial charge in [-0.25, -0.2) is 4.68 Å². The quantitative estimate of drug-likeness (QED) is 0.406. The number of para-hydroxylation sites is 1. The normalized spacial score (nSPS) is 18.8. The Morgan fingerprint density at radius 1 is 0.906 bits per heavy atom. The van der Waals surface area contributed by atoms with Crippen molar-refractivity contribution in [3.05, 3.63) is 107 Å². The summed E-state index contributed by atoms with van der Waals surface area (Å²) in [5.74, 6) is 1.62. The summed E-state index contributed by atoms with van der Waals surface area (Å²) in [5.41, 5.74) is 6.74. The number of fused-ring (bicyclic) bond motifs is 3. The first-order chi connectivity index (χ1) is 15.7. The Bertz CT molecular complexity index is 1330. The van der Waals surface area contributed by atoms with Crippen molar-refractivity contribution < 1.29 is 4.74 Å². The average molecular weight is 439 g/mol. The molecule has 6 rings (SSSR count). The molecular formula is C26H22N4OS. The average Bonchev–Trinajstić information content (AvgIpc) is 3.26. The fraction of sp³-hybridized carbons (Fsp3) is 0.154. The summed E-state index contributed by atoms with van der Waals surface area (Å²) in [6, 6.07) is 27.1. The van der Waals surface area contributed by atoms with Crippen LogP contribution in [0, 0.1) is 6.92 Å². The van der Waals surface area contributed by atoms with Crippen LogP contribution in [0.5, 0.6) is 5.75 Å². The topological polar surface area (TPSA) is 52.0 Å². The minimum atomic E-state index is -0.241. The molecule has 2 aliphatic heterocycles. The van der Waals surface area contributed by atoms with Gasteiger partial charge in [-0.15, -0.1) is 5.10 Å². The molecule has 158 valence electrons. The lowest BCUT2D eigenvalue weighted by Gasteiger charge is -2.38. The third-order valence-corrected chi connectivity index (χ3v) is 6.58. The van der Waals surface area contributed by atoms with Gasteiger partial charge in [0.2, 0.25) is 11.1 Å². The number of aryl methyl sites for hydroxylation is 1. The van der Waals surface area contributed by atoms with Crippen molar-refractivity contribution >= 4 is 23.4 Å². The van der Waals surface area contributed by atoms with Crippen LogP contribution in [-0.2, 0) is 0 Å². The van der Waals surface area contributed by atoms with Crippen LogP contribution < -0.4 is 10.1 Å². The van der Waals surface area contributed by atoms with Crippen molar-refractivity contribution in [1.82, 2.24) is 14.8 Å². The van der Waals surface area contributed by atoms with Gasteiger partial charge >= 0.3 is 0 Å². The number of rotatable bonds is 3. The van der Waals surface area contributed by atoms with Gasteiger partial charge in [0, 0.05) is 11.1 Å². The van der Waals surface area contributed by atoms with Crippen molar-refractivity contribution in [2.75, 3.05) is 11.6 Å². The summed E-state index contributed by atoms with van der Waals surface area (Å²) >= 11 is 1.55. The number of nitrogens with one attached hydrogen (secondary N) is 1. The maximum atomic E-state index is 6.65. The Labute approximate surface area is 191 Å². The Hall–Kier alpha value is -3.51. The van der Waals surface area contributed by atoms with Gasteiger partial charge < -0.3 is 10.1 Å². The number of aromatic nitrogens is 3. The Balaban J connectivity index is 1.63. The molecule has 0 saturated heterocycles. The number of benzene rings is 3. The van der Waals surface area contributed by atoms with Crippen molar-refractivity contribution in [3.63, 3.8) is 0 Å². The van der Waals surface area contributed by atoms with Gasteiger partial charge in [-0.1, -0.05) is 84.1 Å². The highest BCUT2D eigenvalue weighted by Gasteiger charge is 2.41. The number of anilines is 1. The molecule has 32 heavy (non-hydrogen) atoms. The fourth-order valence-electron chi connectivity index (χ4n) is 4.52. The van der Waals surface area contributed by atoms with Crippen LogP contribution in [0.25, 0.3) is 5.70 Å². The molecule has 0 amide bonds. The number of hydrogen-bond acceptors (Lipinski definition) is 5. The van der Waals surface area contributed by atoms with E-state index >= 15 is 0 Å². The van der Waals surface area contributed by atoms with Gasteiger partial charge in [-0.05, 0) is 36.4 Å². The Kier molecular flexibility index (Phi) is 4.54. The van der Waals surface area contributed by atoms with Crippen LogP contribution in [0.1, 0.15) is 34.4 Å². The molecule has 0 saturated carbocycles. The molecule has 0 spiro atoms. The molecule has 3 aromatic carbocycles. The van der Waals surface area contributed by atoms with Gasteiger partial charge in [-0.3, -0.25) is 0 Å². The van der Waals surface area contributed by atoms with Crippen LogP contribution in [0.4, 0.5) is 5.95 Å². The molecule has 4 aromatic rings. The SMILES string of the molecule is CSc1nc2n(n1)[C@@H](c1ccc(C)cc1)C1=C(N2)c2ccccc2O[C@@H]1c1ccccc1. The van der Waals surface area contributed by atoms with Crippen molar-refractivity contribution in [2.45, 2.75) is 24.2 Å². The van der Waals surface area contributed by atoms with E-state index in [1.807, 2.05) is 35.2 Å².